The number of amides is 2. The summed E-state index contributed by atoms with van der Waals surface area (Å²) >= 11 is 31.1. The van der Waals surface area contributed by atoms with Crippen LogP contribution in [-0.2, 0) is 4.79 Å². The molecule has 38 heavy (non-hydrogen) atoms. The standard InChI is InChI=1S/C25H16Cl5F3N2O3/c26-13-7-12(8-14(27)9-13)20-21(25(20,29)30)23(37)35-16-3-6-19(28)18(10-16)22(36)34-15-1-4-17(5-2-15)38-11-24(31,32)33/h1-10,20-21H,11H2,(H,34,36)(H,35,37)/t20-,21+/m0/s1. The molecule has 0 unspecified atom stereocenters. The Bertz CT molecular complexity index is 1360. The van der Waals surface area contributed by atoms with Crippen LogP contribution < -0.4 is 15.4 Å². The molecule has 1 saturated carbocycles. The van der Waals surface area contributed by atoms with Crippen molar-refractivity contribution in [2.24, 2.45) is 5.92 Å². The molecule has 5 nitrogen and oxygen atoms in total. The molecule has 0 heterocycles. The molecule has 0 radical (unpaired) electrons. The highest BCUT2D eigenvalue weighted by atomic mass is 35.5. The molecule has 0 bridgehead atoms. The number of hydrogen-bond donors (Lipinski definition) is 2. The fraction of sp³-hybridized carbons (Fsp3) is 0.200. The fourth-order valence-corrected chi connectivity index (χ4v) is 5.39. The smallest absolute Gasteiger partial charge is 0.422 e. The molecule has 2 atom stereocenters. The van der Waals surface area contributed by atoms with Crippen LogP contribution in [0.15, 0.2) is 60.7 Å². The summed E-state index contributed by atoms with van der Waals surface area (Å²) in [5, 5.41) is 6.13. The van der Waals surface area contributed by atoms with Crippen molar-refractivity contribution in [3.8, 4) is 5.75 Å². The van der Waals surface area contributed by atoms with E-state index in [2.05, 4.69) is 15.4 Å². The summed E-state index contributed by atoms with van der Waals surface area (Å²) < 4.78 is 40.1. The number of ether oxygens (including phenoxy) is 1. The van der Waals surface area contributed by atoms with Gasteiger partial charge in [-0.3, -0.25) is 9.59 Å². The highest BCUT2D eigenvalue weighted by Crippen LogP contribution is 2.65. The number of rotatable bonds is 7. The maximum atomic E-state index is 13.0. The van der Waals surface area contributed by atoms with Crippen LogP contribution >= 0.6 is 58.0 Å². The number of hydrogen-bond acceptors (Lipinski definition) is 3. The minimum Gasteiger partial charge on any atom is -0.484 e. The molecular weight excluding hydrogens is 611 g/mol. The van der Waals surface area contributed by atoms with Crippen molar-refractivity contribution in [1.29, 1.82) is 0 Å². The van der Waals surface area contributed by atoms with Crippen LogP contribution in [0.1, 0.15) is 21.8 Å². The zero-order valence-electron chi connectivity index (χ0n) is 18.9. The van der Waals surface area contributed by atoms with Gasteiger partial charge in [0.1, 0.15) is 10.1 Å². The van der Waals surface area contributed by atoms with Crippen molar-refractivity contribution in [3.05, 3.63) is 86.9 Å². The van der Waals surface area contributed by atoms with E-state index >= 15 is 0 Å². The van der Waals surface area contributed by atoms with Gasteiger partial charge in [-0.2, -0.15) is 13.2 Å². The number of halogens is 8. The molecule has 0 spiro atoms. The normalized spacial score (nSPS) is 18.0. The van der Waals surface area contributed by atoms with Gasteiger partial charge in [-0.15, -0.1) is 23.2 Å². The molecule has 2 N–H and O–H groups in total. The first-order valence-corrected chi connectivity index (χ1v) is 12.7. The molecule has 0 saturated heterocycles. The van der Waals surface area contributed by atoms with Gasteiger partial charge in [0.2, 0.25) is 5.91 Å². The molecule has 1 aliphatic carbocycles. The van der Waals surface area contributed by atoms with E-state index < -0.39 is 40.8 Å². The van der Waals surface area contributed by atoms with Crippen LogP contribution in [0.25, 0.3) is 0 Å². The fourth-order valence-electron chi connectivity index (χ4n) is 3.82. The molecule has 13 heteroatoms. The molecule has 1 aliphatic rings. The molecule has 0 aliphatic heterocycles. The lowest BCUT2D eigenvalue weighted by molar-refractivity contribution is -0.153. The lowest BCUT2D eigenvalue weighted by Crippen LogP contribution is -2.19. The van der Waals surface area contributed by atoms with Gasteiger partial charge >= 0.3 is 6.18 Å². The van der Waals surface area contributed by atoms with E-state index in [0.717, 1.165) is 0 Å². The van der Waals surface area contributed by atoms with Crippen LogP contribution in [0.3, 0.4) is 0 Å². The molecule has 200 valence electrons. The van der Waals surface area contributed by atoms with Gasteiger partial charge < -0.3 is 15.4 Å². The quantitative estimate of drug-likeness (QED) is 0.259. The van der Waals surface area contributed by atoms with E-state index in [0.29, 0.717) is 15.6 Å². The number of alkyl halides is 5. The molecule has 0 aromatic heterocycles. The third-order valence-electron chi connectivity index (χ3n) is 5.57. The van der Waals surface area contributed by atoms with Crippen LogP contribution in [0.4, 0.5) is 24.5 Å². The maximum absolute atomic E-state index is 13.0. The van der Waals surface area contributed by atoms with Crippen molar-refractivity contribution in [2.75, 3.05) is 17.2 Å². The van der Waals surface area contributed by atoms with Gasteiger partial charge in [0.25, 0.3) is 5.91 Å². The van der Waals surface area contributed by atoms with E-state index in [1.807, 2.05) is 0 Å². The Morgan fingerprint density at radius 3 is 2.08 bits per heavy atom. The zero-order chi connectivity index (χ0) is 27.8. The van der Waals surface area contributed by atoms with Gasteiger partial charge in [0.15, 0.2) is 6.61 Å². The first-order valence-electron chi connectivity index (χ1n) is 10.8. The first kappa shape index (κ1) is 28.6. The van der Waals surface area contributed by atoms with E-state index in [1.54, 1.807) is 18.2 Å². The lowest BCUT2D eigenvalue weighted by atomic mass is 10.1. The second-order valence-corrected chi connectivity index (χ2v) is 11.1. The van der Waals surface area contributed by atoms with Gasteiger partial charge in [0, 0.05) is 27.3 Å². The number of carbonyl (C=O) groups is 2. The van der Waals surface area contributed by atoms with Crippen LogP contribution in [-0.4, -0.2) is 28.9 Å². The van der Waals surface area contributed by atoms with Crippen LogP contribution in [0.5, 0.6) is 5.75 Å². The highest BCUT2D eigenvalue weighted by Gasteiger charge is 2.67. The second kappa shape index (κ2) is 11.0. The van der Waals surface area contributed by atoms with E-state index in [1.165, 1.54) is 42.5 Å². The van der Waals surface area contributed by atoms with Crippen LogP contribution in [0, 0.1) is 5.92 Å². The third-order valence-corrected chi connectivity index (χ3v) is 7.28. The van der Waals surface area contributed by atoms with E-state index in [4.69, 9.17) is 58.0 Å². The first-order chi connectivity index (χ1) is 17.7. The Labute approximate surface area is 240 Å². The minimum absolute atomic E-state index is 0.0175. The molecule has 3 aromatic carbocycles. The summed E-state index contributed by atoms with van der Waals surface area (Å²) in [4.78, 5) is 25.8. The second-order valence-electron chi connectivity index (χ2n) is 8.40. The Hall–Kier alpha value is -2.36. The largest absolute Gasteiger partial charge is 0.484 e. The predicted molar refractivity (Wildman–Crippen MR) is 143 cm³/mol. The summed E-state index contributed by atoms with van der Waals surface area (Å²) in [5.41, 5.74) is 1.20. The predicted octanol–water partition coefficient (Wildman–Crippen LogP) is 8.37. The topological polar surface area (TPSA) is 67.4 Å². The summed E-state index contributed by atoms with van der Waals surface area (Å²) in [5.74, 6) is -2.49. The minimum atomic E-state index is -4.47. The summed E-state index contributed by atoms with van der Waals surface area (Å²) in [7, 11) is 0. The van der Waals surface area contributed by atoms with Gasteiger partial charge in [0.05, 0.1) is 16.5 Å². The summed E-state index contributed by atoms with van der Waals surface area (Å²) in [6.45, 7) is -1.43. The van der Waals surface area contributed by atoms with Crippen molar-refractivity contribution >= 4 is 81.2 Å². The Kier molecular flexibility index (Phi) is 8.31. The van der Waals surface area contributed by atoms with Crippen molar-refractivity contribution in [1.82, 2.24) is 0 Å². The number of anilines is 2. The average Bonchev–Trinajstić information content (AvgIpc) is 3.40. The summed E-state index contributed by atoms with van der Waals surface area (Å²) in [6, 6.07) is 14.4. The number of carbonyl (C=O) groups excluding carboxylic acids is 2. The maximum Gasteiger partial charge on any atom is 0.422 e. The Morgan fingerprint density at radius 1 is 0.868 bits per heavy atom. The third kappa shape index (κ3) is 6.79. The SMILES string of the molecule is O=C(Nc1ccc(OCC(F)(F)F)cc1)c1cc(NC(=O)[C@H]2[C@H](c3cc(Cl)cc(Cl)c3)C2(Cl)Cl)ccc1Cl. The van der Waals surface area contributed by atoms with Crippen LogP contribution in [0.2, 0.25) is 15.1 Å². The Balaban J connectivity index is 1.43. The van der Waals surface area contributed by atoms with Crippen molar-refractivity contribution < 1.29 is 27.5 Å². The Morgan fingerprint density at radius 2 is 1.47 bits per heavy atom. The van der Waals surface area contributed by atoms with Gasteiger partial charge in [-0.05, 0) is 66.2 Å². The highest BCUT2D eigenvalue weighted by molar-refractivity contribution is 6.53. The van der Waals surface area contributed by atoms with Gasteiger partial charge in [-0.25, -0.2) is 0 Å². The van der Waals surface area contributed by atoms with Gasteiger partial charge in [-0.1, -0.05) is 34.8 Å². The zero-order valence-corrected chi connectivity index (χ0v) is 22.7. The van der Waals surface area contributed by atoms with Crippen molar-refractivity contribution in [2.45, 2.75) is 16.4 Å². The summed E-state index contributed by atoms with van der Waals surface area (Å²) in [6.07, 6.45) is -4.47. The molecular formula is C25H16Cl5F3N2O3. The molecule has 2 amide bonds. The van der Waals surface area contributed by atoms with Crippen molar-refractivity contribution in [3.63, 3.8) is 0 Å². The molecule has 4 rings (SSSR count). The van der Waals surface area contributed by atoms with E-state index in [9.17, 15) is 22.8 Å². The molecule has 3 aromatic rings. The number of nitrogens with one attached hydrogen (secondary N) is 2. The monoisotopic (exact) mass is 624 g/mol. The number of benzene rings is 3. The average molecular weight is 627 g/mol. The van der Waals surface area contributed by atoms with E-state index in [-0.39, 0.29) is 27.7 Å². The molecule has 1 fully saturated rings. The lowest BCUT2D eigenvalue weighted by Gasteiger charge is -2.12.